The van der Waals surface area contributed by atoms with Crippen molar-refractivity contribution in [2.45, 2.75) is 32.4 Å². The third kappa shape index (κ3) is 6.08. The number of likely N-dealkylation sites (tertiary alicyclic amines) is 1. The normalized spacial score (nSPS) is 15.1. The number of hydrogen-bond acceptors (Lipinski definition) is 3. The fourth-order valence-electron chi connectivity index (χ4n) is 3.01. The summed E-state index contributed by atoms with van der Waals surface area (Å²) < 4.78 is 0. The zero-order chi connectivity index (χ0) is 18.9. The van der Waals surface area contributed by atoms with Crippen LogP contribution in [0, 0.1) is 19.3 Å². The van der Waals surface area contributed by atoms with Gasteiger partial charge in [-0.2, -0.15) is 0 Å². The van der Waals surface area contributed by atoms with Crippen LogP contribution in [0.15, 0.2) is 24.3 Å². The Bertz CT molecular complexity index is 643. The largest absolute Gasteiger partial charge is 0.358 e. The van der Waals surface area contributed by atoms with Gasteiger partial charge in [-0.05, 0) is 25.3 Å². The Morgan fingerprint density at radius 1 is 1.27 bits per heavy atom. The Labute approximate surface area is 155 Å². The van der Waals surface area contributed by atoms with E-state index in [1.807, 2.05) is 31.2 Å². The maximum Gasteiger partial charge on any atom is 0.318 e. The van der Waals surface area contributed by atoms with Gasteiger partial charge in [-0.25, -0.2) is 4.79 Å². The number of terminal acetylenes is 1. The number of urea groups is 1. The molecule has 1 aliphatic heterocycles. The minimum Gasteiger partial charge on any atom is -0.358 e. The second-order valence-electron chi connectivity index (χ2n) is 6.72. The van der Waals surface area contributed by atoms with Crippen molar-refractivity contribution in [2.24, 2.45) is 0 Å². The van der Waals surface area contributed by atoms with Crippen LogP contribution in [0.4, 0.5) is 4.79 Å². The molecule has 6 nitrogen and oxygen atoms in total. The van der Waals surface area contributed by atoms with E-state index in [4.69, 9.17) is 6.42 Å². The van der Waals surface area contributed by atoms with Crippen LogP contribution in [-0.2, 0) is 11.3 Å². The van der Waals surface area contributed by atoms with E-state index in [1.165, 1.54) is 5.56 Å². The maximum atomic E-state index is 12.6. The van der Waals surface area contributed by atoms with Crippen molar-refractivity contribution in [3.63, 3.8) is 0 Å². The van der Waals surface area contributed by atoms with E-state index in [9.17, 15) is 9.59 Å². The molecule has 1 saturated heterocycles. The van der Waals surface area contributed by atoms with Crippen molar-refractivity contribution in [1.29, 1.82) is 0 Å². The molecule has 0 aliphatic carbocycles. The first-order chi connectivity index (χ1) is 12.5. The second kappa shape index (κ2) is 9.83. The second-order valence-corrected chi connectivity index (χ2v) is 6.72. The van der Waals surface area contributed by atoms with Gasteiger partial charge in [-0.3, -0.25) is 9.69 Å². The number of amides is 3. The molecule has 3 amide bonds. The molecule has 1 aromatic carbocycles. The molecule has 1 heterocycles. The lowest BCUT2D eigenvalue weighted by atomic mass is 10.1. The highest BCUT2D eigenvalue weighted by atomic mass is 16.2. The number of nitrogens with one attached hydrogen (secondary N) is 2. The Morgan fingerprint density at radius 2 is 1.92 bits per heavy atom. The summed E-state index contributed by atoms with van der Waals surface area (Å²) in [6, 6.07) is 8.08. The minimum atomic E-state index is -0.131. The number of carbonyl (C=O) groups is 2. The maximum absolute atomic E-state index is 12.6. The lowest BCUT2D eigenvalue weighted by molar-refractivity contribution is -0.122. The predicted molar refractivity (Wildman–Crippen MR) is 102 cm³/mol. The first-order valence-electron chi connectivity index (χ1n) is 8.99. The first-order valence-corrected chi connectivity index (χ1v) is 8.99. The van der Waals surface area contributed by atoms with E-state index in [1.54, 1.807) is 11.9 Å². The summed E-state index contributed by atoms with van der Waals surface area (Å²) in [7, 11) is 1.64. The molecule has 0 unspecified atom stereocenters. The fourth-order valence-corrected chi connectivity index (χ4v) is 3.01. The Hall–Kier alpha value is -2.52. The predicted octanol–water partition coefficient (Wildman–Crippen LogP) is 1.35. The molecule has 26 heavy (non-hydrogen) atoms. The molecule has 0 saturated carbocycles. The fraction of sp³-hybridized carbons (Fsp3) is 0.500. The van der Waals surface area contributed by atoms with Gasteiger partial charge in [-0.1, -0.05) is 35.7 Å². The van der Waals surface area contributed by atoms with Crippen LogP contribution in [0.5, 0.6) is 0 Å². The standard InChI is InChI=1S/C20H28N4O2/c1-4-11-24(14-17-7-5-16(2)6-8-17)20(26)22-18-9-12-23(13-10-18)15-19(25)21-3/h1,5-8,18H,9-15H2,2-3H3,(H,21,25)(H,22,26). The van der Waals surface area contributed by atoms with Crippen molar-refractivity contribution >= 4 is 11.9 Å². The molecule has 6 heteroatoms. The monoisotopic (exact) mass is 356 g/mol. The first kappa shape index (κ1) is 19.8. The number of hydrogen-bond donors (Lipinski definition) is 2. The van der Waals surface area contributed by atoms with Crippen LogP contribution in [-0.4, -0.2) is 61.0 Å². The van der Waals surface area contributed by atoms with E-state index in [0.717, 1.165) is 31.5 Å². The average molecular weight is 356 g/mol. The van der Waals surface area contributed by atoms with E-state index in [0.29, 0.717) is 13.1 Å². The molecule has 1 fully saturated rings. The van der Waals surface area contributed by atoms with Gasteiger partial charge < -0.3 is 15.5 Å². The SMILES string of the molecule is C#CCN(Cc1ccc(C)cc1)C(=O)NC1CCN(CC(=O)NC)CC1. The number of carbonyl (C=O) groups excluding carboxylic acids is 2. The third-order valence-corrected chi connectivity index (χ3v) is 4.62. The van der Waals surface area contributed by atoms with Crippen molar-refractivity contribution in [1.82, 2.24) is 20.4 Å². The summed E-state index contributed by atoms with van der Waals surface area (Å²) >= 11 is 0. The highest BCUT2D eigenvalue weighted by Crippen LogP contribution is 2.12. The lowest BCUT2D eigenvalue weighted by Gasteiger charge is -2.33. The van der Waals surface area contributed by atoms with Gasteiger partial charge >= 0.3 is 6.03 Å². The molecule has 0 radical (unpaired) electrons. The molecule has 0 atom stereocenters. The number of rotatable bonds is 6. The summed E-state index contributed by atoms with van der Waals surface area (Å²) in [5, 5.41) is 5.72. The lowest BCUT2D eigenvalue weighted by Crippen LogP contribution is -2.50. The van der Waals surface area contributed by atoms with Gasteiger partial charge in [0.05, 0.1) is 13.1 Å². The zero-order valence-electron chi connectivity index (χ0n) is 15.6. The summed E-state index contributed by atoms with van der Waals surface area (Å²) in [4.78, 5) is 27.8. The smallest absolute Gasteiger partial charge is 0.318 e. The molecule has 2 rings (SSSR count). The molecule has 1 aromatic rings. The molecular weight excluding hydrogens is 328 g/mol. The van der Waals surface area contributed by atoms with Crippen LogP contribution in [0.1, 0.15) is 24.0 Å². The average Bonchev–Trinajstić information content (AvgIpc) is 2.64. The topological polar surface area (TPSA) is 64.7 Å². The van der Waals surface area contributed by atoms with Gasteiger partial charge in [0.1, 0.15) is 0 Å². The summed E-state index contributed by atoms with van der Waals surface area (Å²) in [6.07, 6.45) is 7.10. The van der Waals surface area contributed by atoms with Crippen LogP contribution in [0.3, 0.4) is 0 Å². The number of likely N-dealkylation sites (N-methyl/N-ethyl adjacent to an activating group) is 1. The highest BCUT2D eigenvalue weighted by Gasteiger charge is 2.23. The number of piperidine rings is 1. The summed E-state index contributed by atoms with van der Waals surface area (Å²) in [5.74, 6) is 2.58. The highest BCUT2D eigenvalue weighted by molar-refractivity contribution is 5.77. The van der Waals surface area contributed by atoms with E-state index < -0.39 is 0 Å². The van der Waals surface area contributed by atoms with Crippen LogP contribution in [0.2, 0.25) is 0 Å². The van der Waals surface area contributed by atoms with Gasteiger partial charge in [0, 0.05) is 32.7 Å². The van der Waals surface area contributed by atoms with Gasteiger partial charge in [0.15, 0.2) is 0 Å². The number of nitrogens with zero attached hydrogens (tertiary/aromatic N) is 2. The van der Waals surface area contributed by atoms with Crippen molar-refractivity contribution in [3.05, 3.63) is 35.4 Å². The summed E-state index contributed by atoms with van der Waals surface area (Å²) in [5.41, 5.74) is 2.24. The molecule has 2 N–H and O–H groups in total. The van der Waals surface area contributed by atoms with Crippen molar-refractivity contribution < 1.29 is 9.59 Å². The number of aryl methyl sites for hydroxylation is 1. The van der Waals surface area contributed by atoms with E-state index in [-0.39, 0.29) is 24.5 Å². The van der Waals surface area contributed by atoms with Crippen LogP contribution < -0.4 is 10.6 Å². The van der Waals surface area contributed by atoms with E-state index in [2.05, 4.69) is 21.5 Å². The molecule has 1 aliphatic rings. The molecular formula is C20H28N4O2. The summed E-state index contributed by atoms with van der Waals surface area (Å²) in [6.45, 7) is 4.80. The van der Waals surface area contributed by atoms with E-state index >= 15 is 0 Å². The van der Waals surface area contributed by atoms with Crippen LogP contribution >= 0.6 is 0 Å². The minimum absolute atomic E-state index is 0.0192. The Balaban J connectivity index is 1.85. The Morgan fingerprint density at radius 3 is 2.50 bits per heavy atom. The van der Waals surface area contributed by atoms with Crippen molar-refractivity contribution in [3.8, 4) is 12.3 Å². The van der Waals surface area contributed by atoms with Gasteiger partial charge in [-0.15, -0.1) is 6.42 Å². The number of benzene rings is 1. The zero-order valence-corrected chi connectivity index (χ0v) is 15.6. The quantitative estimate of drug-likeness (QED) is 0.757. The van der Waals surface area contributed by atoms with Crippen LogP contribution in [0.25, 0.3) is 0 Å². The van der Waals surface area contributed by atoms with Crippen molar-refractivity contribution in [2.75, 3.05) is 33.2 Å². The Kier molecular flexibility index (Phi) is 7.49. The molecule has 0 aromatic heterocycles. The molecule has 0 spiro atoms. The van der Waals surface area contributed by atoms with Gasteiger partial charge in [0.25, 0.3) is 0 Å². The third-order valence-electron chi connectivity index (χ3n) is 4.62. The van der Waals surface area contributed by atoms with Gasteiger partial charge in [0.2, 0.25) is 5.91 Å². The molecule has 0 bridgehead atoms. The molecule has 140 valence electrons.